The Balaban J connectivity index is 1.83. The van der Waals surface area contributed by atoms with Gasteiger partial charge in [-0.15, -0.1) is 5.10 Å². The second-order valence-electron chi connectivity index (χ2n) is 5.53. The first-order valence-electron chi connectivity index (χ1n) is 7.24. The molecule has 0 spiro atoms. The summed E-state index contributed by atoms with van der Waals surface area (Å²) in [4.78, 5) is 12.2. The van der Waals surface area contributed by atoms with Gasteiger partial charge in [-0.3, -0.25) is 4.79 Å². The third-order valence-electron chi connectivity index (χ3n) is 3.86. The molecule has 0 saturated heterocycles. The number of carbonyl (C=O) groups excluding carboxylic acids is 1. The summed E-state index contributed by atoms with van der Waals surface area (Å²) in [7, 11) is 0. The molecule has 1 fully saturated rings. The van der Waals surface area contributed by atoms with Gasteiger partial charge in [-0.1, -0.05) is 30.2 Å². The smallest absolute Gasteiger partial charge is 0.275 e. The minimum atomic E-state index is -0.238. The van der Waals surface area contributed by atoms with Crippen LogP contribution in [0.2, 0.25) is 0 Å². The van der Waals surface area contributed by atoms with Gasteiger partial charge in [-0.25, -0.2) is 0 Å². The Kier molecular flexibility index (Phi) is 3.60. The van der Waals surface area contributed by atoms with E-state index in [1.807, 2.05) is 31.2 Å². The van der Waals surface area contributed by atoms with Crippen molar-refractivity contribution in [3.8, 4) is 5.69 Å². The zero-order valence-corrected chi connectivity index (χ0v) is 12.0. The van der Waals surface area contributed by atoms with E-state index in [9.17, 15) is 4.79 Å². The van der Waals surface area contributed by atoms with Gasteiger partial charge >= 0.3 is 0 Å². The zero-order chi connectivity index (χ0) is 14.8. The number of hydrogen-bond acceptors (Lipinski definition) is 4. The number of aromatic nitrogens is 3. The summed E-state index contributed by atoms with van der Waals surface area (Å²) < 4.78 is 1.50. The third-order valence-corrected chi connectivity index (χ3v) is 3.86. The van der Waals surface area contributed by atoms with Gasteiger partial charge in [-0.2, -0.15) is 4.68 Å². The van der Waals surface area contributed by atoms with Crippen molar-refractivity contribution in [2.24, 2.45) is 0 Å². The molecule has 1 aromatic carbocycles. The van der Waals surface area contributed by atoms with Gasteiger partial charge in [0.1, 0.15) is 0 Å². The van der Waals surface area contributed by atoms with Gasteiger partial charge in [0.2, 0.25) is 0 Å². The van der Waals surface area contributed by atoms with Crippen molar-refractivity contribution in [2.75, 3.05) is 5.73 Å². The number of nitrogens with zero attached hydrogens (tertiary/aromatic N) is 3. The molecule has 2 aromatic rings. The van der Waals surface area contributed by atoms with Crippen LogP contribution >= 0.6 is 0 Å². The van der Waals surface area contributed by atoms with Crippen LogP contribution in [0.25, 0.3) is 5.69 Å². The number of aryl methyl sites for hydroxylation is 1. The molecular weight excluding hydrogens is 266 g/mol. The van der Waals surface area contributed by atoms with Crippen molar-refractivity contribution in [2.45, 2.75) is 38.6 Å². The fourth-order valence-corrected chi connectivity index (χ4v) is 2.73. The van der Waals surface area contributed by atoms with Crippen LogP contribution in [0.5, 0.6) is 0 Å². The average molecular weight is 285 g/mol. The maximum absolute atomic E-state index is 12.2. The first kappa shape index (κ1) is 13.6. The molecule has 0 unspecified atom stereocenters. The summed E-state index contributed by atoms with van der Waals surface area (Å²) in [6.07, 6.45) is 4.38. The standard InChI is InChI=1S/C15H19N5O/c1-10-5-4-8-12(9-10)20-14(16)13(18-19-20)15(21)17-11-6-2-3-7-11/h4-5,8-9,11H,2-3,6-7,16H2,1H3,(H,17,21). The molecule has 21 heavy (non-hydrogen) atoms. The first-order valence-corrected chi connectivity index (χ1v) is 7.24. The molecule has 0 aliphatic heterocycles. The Morgan fingerprint density at radius 3 is 2.86 bits per heavy atom. The number of nitrogen functional groups attached to an aromatic ring is 1. The molecular formula is C15H19N5O. The van der Waals surface area contributed by atoms with Gasteiger partial charge in [0.15, 0.2) is 11.5 Å². The van der Waals surface area contributed by atoms with Crippen molar-refractivity contribution in [1.29, 1.82) is 0 Å². The number of carbonyl (C=O) groups is 1. The van der Waals surface area contributed by atoms with Crippen LogP contribution in [0.4, 0.5) is 5.82 Å². The van der Waals surface area contributed by atoms with Gasteiger partial charge in [0, 0.05) is 6.04 Å². The molecule has 0 radical (unpaired) electrons. The van der Waals surface area contributed by atoms with E-state index in [1.165, 1.54) is 4.68 Å². The lowest BCUT2D eigenvalue weighted by molar-refractivity contribution is 0.0933. The fraction of sp³-hybridized carbons (Fsp3) is 0.400. The Morgan fingerprint density at radius 1 is 1.38 bits per heavy atom. The normalized spacial score (nSPS) is 15.3. The van der Waals surface area contributed by atoms with Crippen LogP contribution < -0.4 is 11.1 Å². The largest absolute Gasteiger partial charge is 0.382 e. The number of anilines is 1. The molecule has 3 rings (SSSR count). The molecule has 1 aliphatic carbocycles. The maximum Gasteiger partial charge on any atom is 0.275 e. The minimum Gasteiger partial charge on any atom is -0.382 e. The van der Waals surface area contributed by atoms with Crippen molar-refractivity contribution >= 4 is 11.7 Å². The summed E-state index contributed by atoms with van der Waals surface area (Å²) in [5.41, 5.74) is 8.14. The first-order chi connectivity index (χ1) is 10.1. The van der Waals surface area contributed by atoms with Gasteiger partial charge in [0.25, 0.3) is 5.91 Å². The van der Waals surface area contributed by atoms with E-state index < -0.39 is 0 Å². The van der Waals surface area contributed by atoms with E-state index >= 15 is 0 Å². The number of benzene rings is 1. The van der Waals surface area contributed by atoms with Crippen LogP contribution in [0.3, 0.4) is 0 Å². The van der Waals surface area contributed by atoms with Gasteiger partial charge in [-0.05, 0) is 37.5 Å². The second-order valence-corrected chi connectivity index (χ2v) is 5.53. The Morgan fingerprint density at radius 2 is 2.14 bits per heavy atom. The van der Waals surface area contributed by atoms with Crippen LogP contribution in [0.1, 0.15) is 41.7 Å². The summed E-state index contributed by atoms with van der Waals surface area (Å²) in [5, 5.41) is 10.9. The third kappa shape index (κ3) is 2.74. The highest BCUT2D eigenvalue weighted by Gasteiger charge is 2.23. The van der Waals surface area contributed by atoms with E-state index in [0.29, 0.717) is 0 Å². The van der Waals surface area contributed by atoms with Crippen LogP contribution in [-0.2, 0) is 0 Å². The quantitative estimate of drug-likeness (QED) is 0.901. The van der Waals surface area contributed by atoms with E-state index in [2.05, 4.69) is 15.6 Å². The number of amides is 1. The predicted octanol–water partition coefficient (Wildman–Crippen LogP) is 1.83. The summed E-state index contributed by atoms with van der Waals surface area (Å²) in [6, 6.07) is 7.98. The van der Waals surface area contributed by atoms with E-state index in [-0.39, 0.29) is 23.5 Å². The molecule has 1 aromatic heterocycles. The van der Waals surface area contributed by atoms with Crippen LogP contribution in [0.15, 0.2) is 24.3 Å². The van der Waals surface area contributed by atoms with Crippen molar-refractivity contribution < 1.29 is 4.79 Å². The number of nitrogens with one attached hydrogen (secondary N) is 1. The molecule has 1 amide bonds. The Labute approximate surface area is 123 Å². The highest BCUT2D eigenvalue weighted by atomic mass is 16.2. The van der Waals surface area contributed by atoms with Crippen LogP contribution in [0, 0.1) is 6.92 Å². The summed E-state index contributed by atoms with van der Waals surface area (Å²) in [5.74, 6) is 0.0365. The van der Waals surface area contributed by atoms with Gasteiger partial charge in [0.05, 0.1) is 5.69 Å². The van der Waals surface area contributed by atoms with Crippen molar-refractivity contribution in [3.05, 3.63) is 35.5 Å². The maximum atomic E-state index is 12.2. The lowest BCUT2D eigenvalue weighted by atomic mass is 10.2. The van der Waals surface area contributed by atoms with Crippen LogP contribution in [-0.4, -0.2) is 26.9 Å². The molecule has 3 N–H and O–H groups in total. The molecule has 1 aliphatic rings. The fourth-order valence-electron chi connectivity index (χ4n) is 2.73. The van der Waals surface area contributed by atoms with E-state index in [1.54, 1.807) is 0 Å². The highest BCUT2D eigenvalue weighted by Crippen LogP contribution is 2.20. The minimum absolute atomic E-state index is 0.198. The summed E-state index contributed by atoms with van der Waals surface area (Å²) >= 11 is 0. The molecule has 1 saturated carbocycles. The Bertz CT molecular complexity index is 658. The molecule has 0 atom stereocenters. The highest BCUT2D eigenvalue weighted by molar-refractivity contribution is 5.96. The average Bonchev–Trinajstić information content (AvgIpc) is 3.08. The van der Waals surface area contributed by atoms with E-state index in [4.69, 9.17) is 5.73 Å². The molecule has 0 bridgehead atoms. The van der Waals surface area contributed by atoms with Gasteiger partial charge < -0.3 is 11.1 Å². The summed E-state index contributed by atoms with van der Waals surface area (Å²) in [6.45, 7) is 1.99. The zero-order valence-electron chi connectivity index (χ0n) is 12.0. The van der Waals surface area contributed by atoms with E-state index in [0.717, 1.165) is 36.9 Å². The second kappa shape index (κ2) is 5.55. The monoisotopic (exact) mass is 285 g/mol. The predicted molar refractivity (Wildman–Crippen MR) is 80.2 cm³/mol. The van der Waals surface area contributed by atoms with Crippen molar-refractivity contribution in [3.63, 3.8) is 0 Å². The lowest BCUT2D eigenvalue weighted by Crippen LogP contribution is -2.33. The lowest BCUT2D eigenvalue weighted by Gasteiger charge is -2.10. The molecule has 110 valence electrons. The topological polar surface area (TPSA) is 85.8 Å². The molecule has 1 heterocycles. The van der Waals surface area contributed by atoms with Crippen molar-refractivity contribution in [1.82, 2.24) is 20.3 Å². The Hall–Kier alpha value is -2.37. The number of hydrogen-bond donors (Lipinski definition) is 2. The molecule has 6 nitrogen and oxygen atoms in total. The number of rotatable bonds is 3. The SMILES string of the molecule is Cc1cccc(-n2nnc(C(=O)NC3CCCC3)c2N)c1. The molecule has 6 heteroatoms. The number of nitrogens with two attached hydrogens (primary N) is 1.